The molecule has 1 N–H and O–H groups in total. The van der Waals surface area contributed by atoms with Gasteiger partial charge in [-0.15, -0.1) is 0 Å². The average molecular weight is 471 g/mol. The van der Waals surface area contributed by atoms with Crippen LogP contribution in [0.15, 0.2) is 59.8 Å². The average Bonchev–Trinajstić information content (AvgIpc) is 3.26. The first kappa shape index (κ1) is 22.9. The summed E-state index contributed by atoms with van der Waals surface area (Å²) in [5.74, 6) is -0.0693. The van der Waals surface area contributed by atoms with Crippen LogP contribution in [0.5, 0.6) is 0 Å². The topological polar surface area (TPSA) is 110 Å². The second kappa shape index (κ2) is 9.69. The van der Waals surface area contributed by atoms with Crippen LogP contribution in [-0.4, -0.2) is 73.8 Å². The molecule has 11 heteroatoms. The monoisotopic (exact) mass is 470 g/mol. The minimum absolute atomic E-state index is 0.0512. The highest BCUT2D eigenvalue weighted by Gasteiger charge is 2.24. The van der Waals surface area contributed by atoms with Gasteiger partial charge in [0.1, 0.15) is 0 Å². The molecule has 174 valence electrons. The number of carbonyl (C=O) groups is 1. The number of amides is 1. The van der Waals surface area contributed by atoms with E-state index >= 15 is 0 Å². The van der Waals surface area contributed by atoms with Gasteiger partial charge < -0.3 is 15.0 Å². The van der Waals surface area contributed by atoms with E-state index in [0.717, 1.165) is 10.00 Å². The van der Waals surface area contributed by atoms with Crippen LogP contribution in [0, 0.1) is 0 Å². The zero-order valence-corrected chi connectivity index (χ0v) is 19.3. The number of carbonyl (C=O) groups excluding carboxylic acids is 1. The summed E-state index contributed by atoms with van der Waals surface area (Å²) in [4.78, 5) is 19.6. The standard InChI is InChI=1S/C22H26N6O4S/c1-26(2)33(30,31)18-6-7-20(27-11-13-32-14-12-27)19(15-18)22(29)24-21-8-10-28(25-21)16-17-5-3-4-9-23-17/h3-10,15H,11-14,16H2,1-2H3,(H,24,25,29). The zero-order valence-electron chi connectivity index (χ0n) is 18.5. The third kappa shape index (κ3) is 5.21. The van der Waals surface area contributed by atoms with Crippen LogP contribution in [0.3, 0.4) is 0 Å². The third-order valence-electron chi connectivity index (χ3n) is 5.28. The number of morpholine rings is 1. The van der Waals surface area contributed by atoms with E-state index in [0.29, 0.717) is 44.4 Å². The number of sulfonamides is 1. The number of ether oxygens (including phenoxy) is 1. The second-order valence-corrected chi connectivity index (χ2v) is 9.89. The van der Waals surface area contributed by atoms with Gasteiger partial charge in [-0.2, -0.15) is 5.10 Å². The Kier molecular flexibility index (Phi) is 6.72. The van der Waals surface area contributed by atoms with Gasteiger partial charge in [0.25, 0.3) is 5.91 Å². The van der Waals surface area contributed by atoms with Crippen LogP contribution in [0.4, 0.5) is 11.5 Å². The number of nitrogens with zero attached hydrogens (tertiary/aromatic N) is 5. The highest BCUT2D eigenvalue weighted by molar-refractivity contribution is 7.89. The smallest absolute Gasteiger partial charge is 0.259 e. The summed E-state index contributed by atoms with van der Waals surface area (Å²) in [5.41, 5.74) is 1.76. The quantitative estimate of drug-likeness (QED) is 0.559. The largest absolute Gasteiger partial charge is 0.378 e. The highest BCUT2D eigenvalue weighted by atomic mass is 32.2. The maximum atomic E-state index is 13.3. The van der Waals surface area contributed by atoms with E-state index in [9.17, 15) is 13.2 Å². The Morgan fingerprint density at radius 1 is 1.15 bits per heavy atom. The van der Waals surface area contributed by atoms with Crippen molar-refractivity contribution in [1.82, 2.24) is 19.1 Å². The molecule has 0 bridgehead atoms. The molecule has 3 heterocycles. The van der Waals surface area contributed by atoms with Crippen LogP contribution in [-0.2, 0) is 21.3 Å². The molecule has 0 atom stereocenters. The lowest BCUT2D eigenvalue weighted by atomic mass is 10.1. The van der Waals surface area contributed by atoms with Crippen molar-refractivity contribution in [3.63, 3.8) is 0 Å². The van der Waals surface area contributed by atoms with Crippen molar-refractivity contribution in [2.24, 2.45) is 0 Å². The fraction of sp³-hybridized carbons (Fsp3) is 0.318. The highest BCUT2D eigenvalue weighted by Crippen LogP contribution is 2.27. The van der Waals surface area contributed by atoms with Crippen molar-refractivity contribution in [2.45, 2.75) is 11.4 Å². The fourth-order valence-electron chi connectivity index (χ4n) is 3.51. The molecule has 1 fully saturated rings. The molecule has 1 amide bonds. The molecule has 33 heavy (non-hydrogen) atoms. The molecule has 4 rings (SSSR count). The first-order chi connectivity index (χ1) is 15.8. The predicted molar refractivity (Wildman–Crippen MR) is 124 cm³/mol. The van der Waals surface area contributed by atoms with Gasteiger partial charge in [-0.3, -0.25) is 14.5 Å². The molecule has 1 aliphatic rings. The van der Waals surface area contributed by atoms with E-state index in [1.165, 1.54) is 26.2 Å². The van der Waals surface area contributed by atoms with Crippen molar-refractivity contribution in [2.75, 3.05) is 50.6 Å². The number of nitrogens with one attached hydrogen (secondary N) is 1. The summed E-state index contributed by atoms with van der Waals surface area (Å²) in [6.07, 6.45) is 3.46. The lowest BCUT2D eigenvalue weighted by Crippen LogP contribution is -2.37. The van der Waals surface area contributed by atoms with E-state index < -0.39 is 15.9 Å². The lowest BCUT2D eigenvalue weighted by Gasteiger charge is -2.30. The van der Waals surface area contributed by atoms with Gasteiger partial charge in [-0.25, -0.2) is 12.7 Å². The Morgan fingerprint density at radius 3 is 2.64 bits per heavy atom. The van der Waals surface area contributed by atoms with Crippen molar-refractivity contribution < 1.29 is 17.9 Å². The van der Waals surface area contributed by atoms with Crippen molar-refractivity contribution >= 4 is 27.4 Å². The van der Waals surface area contributed by atoms with Crippen molar-refractivity contribution in [3.8, 4) is 0 Å². The maximum absolute atomic E-state index is 13.3. The summed E-state index contributed by atoms with van der Waals surface area (Å²) in [6, 6.07) is 11.9. The molecule has 0 aliphatic carbocycles. The summed E-state index contributed by atoms with van der Waals surface area (Å²) in [5, 5.41) is 7.19. The summed E-state index contributed by atoms with van der Waals surface area (Å²) >= 11 is 0. The maximum Gasteiger partial charge on any atom is 0.259 e. The molecule has 2 aromatic heterocycles. The minimum atomic E-state index is -3.70. The molecule has 1 aliphatic heterocycles. The Balaban J connectivity index is 1.61. The van der Waals surface area contributed by atoms with E-state index in [4.69, 9.17) is 4.74 Å². The van der Waals surface area contributed by atoms with Crippen LogP contribution < -0.4 is 10.2 Å². The summed E-state index contributed by atoms with van der Waals surface area (Å²) in [6.45, 7) is 2.76. The van der Waals surface area contributed by atoms with Crippen molar-refractivity contribution in [1.29, 1.82) is 0 Å². The molecule has 0 radical (unpaired) electrons. The van der Waals surface area contributed by atoms with Gasteiger partial charge in [0.05, 0.1) is 35.9 Å². The van der Waals surface area contributed by atoms with E-state index in [2.05, 4.69) is 15.4 Å². The van der Waals surface area contributed by atoms with Gasteiger partial charge in [0.15, 0.2) is 5.82 Å². The van der Waals surface area contributed by atoms with Crippen LogP contribution in [0.2, 0.25) is 0 Å². The lowest BCUT2D eigenvalue weighted by molar-refractivity contribution is 0.102. The molecular weight excluding hydrogens is 444 g/mol. The van der Waals surface area contributed by atoms with Gasteiger partial charge in [-0.1, -0.05) is 6.07 Å². The summed E-state index contributed by atoms with van der Waals surface area (Å²) < 4.78 is 33.5. The Hall–Kier alpha value is -3.28. The number of rotatable bonds is 7. The van der Waals surface area contributed by atoms with E-state index in [1.54, 1.807) is 29.2 Å². The number of pyridine rings is 1. The second-order valence-electron chi connectivity index (χ2n) is 7.74. The first-order valence-electron chi connectivity index (χ1n) is 10.5. The van der Waals surface area contributed by atoms with Gasteiger partial charge in [0.2, 0.25) is 10.0 Å². The number of hydrogen-bond donors (Lipinski definition) is 1. The molecule has 0 spiro atoms. The first-order valence-corrected chi connectivity index (χ1v) is 11.9. The molecule has 0 unspecified atom stereocenters. The number of hydrogen-bond acceptors (Lipinski definition) is 7. The van der Waals surface area contributed by atoms with Gasteiger partial charge in [-0.05, 0) is 30.3 Å². The SMILES string of the molecule is CN(C)S(=O)(=O)c1ccc(N2CCOCC2)c(C(=O)Nc2ccn(Cc3ccccn3)n2)c1. The normalized spacial score (nSPS) is 14.5. The molecule has 10 nitrogen and oxygen atoms in total. The van der Waals surface area contributed by atoms with E-state index in [-0.39, 0.29) is 10.5 Å². The number of anilines is 2. The van der Waals surface area contributed by atoms with Crippen LogP contribution >= 0.6 is 0 Å². The Bertz CT molecular complexity index is 1220. The third-order valence-corrected chi connectivity index (χ3v) is 7.09. The molecule has 0 saturated carbocycles. The number of benzene rings is 1. The Labute approximate surface area is 192 Å². The zero-order chi connectivity index (χ0) is 23.4. The van der Waals surface area contributed by atoms with Crippen LogP contribution in [0.25, 0.3) is 0 Å². The number of aromatic nitrogens is 3. The van der Waals surface area contributed by atoms with Gasteiger partial charge in [0, 0.05) is 51.3 Å². The Morgan fingerprint density at radius 2 is 1.94 bits per heavy atom. The molecule has 3 aromatic rings. The van der Waals surface area contributed by atoms with Gasteiger partial charge >= 0.3 is 0 Å². The molecule has 1 aromatic carbocycles. The van der Waals surface area contributed by atoms with E-state index in [1.807, 2.05) is 23.1 Å². The fourth-order valence-corrected chi connectivity index (χ4v) is 4.43. The van der Waals surface area contributed by atoms with Crippen LogP contribution in [0.1, 0.15) is 16.1 Å². The summed E-state index contributed by atoms with van der Waals surface area (Å²) in [7, 11) is -0.785. The predicted octanol–water partition coefficient (Wildman–Crippen LogP) is 1.67. The molecule has 1 saturated heterocycles. The molecular formula is C22H26N6O4S. The minimum Gasteiger partial charge on any atom is -0.378 e. The van der Waals surface area contributed by atoms with Crippen molar-refractivity contribution in [3.05, 3.63) is 66.1 Å².